The summed E-state index contributed by atoms with van der Waals surface area (Å²) in [6, 6.07) is 3.78. The minimum absolute atomic E-state index is 0.246. The van der Waals surface area contributed by atoms with Crippen molar-refractivity contribution in [3.8, 4) is 0 Å². The number of dihydropyridines is 1. The Bertz CT molecular complexity index is 711. The van der Waals surface area contributed by atoms with Crippen LogP contribution in [0.1, 0.15) is 5.56 Å². The summed E-state index contributed by atoms with van der Waals surface area (Å²) in [4.78, 5) is 8.45. The van der Waals surface area contributed by atoms with E-state index in [0.29, 0.717) is 29.3 Å². The normalized spacial score (nSPS) is 14.4. The van der Waals surface area contributed by atoms with Gasteiger partial charge in [0.25, 0.3) is 0 Å². The first-order valence-corrected chi connectivity index (χ1v) is 6.58. The lowest BCUT2D eigenvalue weighted by Crippen LogP contribution is -2.22. The van der Waals surface area contributed by atoms with Crippen molar-refractivity contribution in [3.05, 3.63) is 58.8 Å². The van der Waals surface area contributed by atoms with Crippen molar-refractivity contribution in [2.75, 3.05) is 6.54 Å². The molecule has 102 valence electrons. The van der Waals surface area contributed by atoms with Gasteiger partial charge in [-0.15, -0.1) is 0 Å². The Kier molecular flexibility index (Phi) is 3.43. The Morgan fingerprint density at radius 3 is 3.00 bits per heavy atom. The van der Waals surface area contributed by atoms with Crippen LogP contribution >= 0.6 is 11.6 Å². The van der Waals surface area contributed by atoms with E-state index in [0.717, 1.165) is 11.1 Å². The topological polar surface area (TPSA) is 70.1 Å². The van der Waals surface area contributed by atoms with E-state index in [1.165, 1.54) is 0 Å². The van der Waals surface area contributed by atoms with Gasteiger partial charge in [0.15, 0.2) is 0 Å². The number of hydrogen-bond donors (Lipinski definition) is 3. The van der Waals surface area contributed by atoms with Crippen molar-refractivity contribution in [2.45, 2.75) is 6.54 Å². The zero-order valence-electron chi connectivity index (χ0n) is 10.6. The molecule has 0 spiro atoms. The zero-order chi connectivity index (χ0) is 13.9. The molecule has 3 N–H and O–H groups in total. The number of hydrogen-bond acceptors (Lipinski definition) is 5. The molecule has 0 atom stereocenters. The molecule has 6 heteroatoms. The van der Waals surface area contributed by atoms with Crippen LogP contribution in [0.2, 0.25) is 5.02 Å². The standard InChI is InChI=1S/C14H13ClN4O/c15-10-5-9(6-11-14(10)18-4-3-17-11)7-19-12-8-16-2-1-13(12)20/h1,3-6,8,16,19-20H,2,7H2. The number of halogens is 1. The largest absolute Gasteiger partial charge is 0.506 e. The molecule has 1 aliphatic heterocycles. The third-order valence-corrected chi connectivity index (χ3v) is 3.29. The molecule has 1 aromatic heterocycles. The van der Waals surface area contributed by atoms with Crippen LogP contribution in [0.25, 0.3) is 11.0 Å². The van der Waals surface area contributed by atoms with Crippen molar-refractivity contribution >= 4 is 22.6 Å². The van der Waals surface area contributed by atoms with E-state index in [9.17, 15) is 5.11 Å². The van der Waals surface area contributed by atoms with Crippen LogP contribution in [-0.2, 0) is 6.54 Å². The van der Waals surface area contributed by atoms with E-state index in [1.54, 1.807) is 24.7 Å². The molecule has 1 aromatic carbocycles. The summed E-state index contributed by atoms with van der Waals surface area (Å²) in [5.74, 6) is 0.246. The van der Waals surface area contributed by atoms with Crippen molar-refractivity contribution in [1.29, 1.82) is 0 Å². The van der Waals surface area contributed by atoms with Gasteiger partial charge < -0.3 is 15.7 Å². The second-order valence-corrected chi connectivity index (χ2v) is 4.82. The van der Waals surface area contributed by atoms with Gasteiger partial charge in [-0.25, -0.2) is 0 Å². The van der Waals surface area contributed by atoms with Crippen molar-refractivity contribution < 1.29 is 5.11 Å². The first-order valence-electron chi connectivity index (χ1n) is 6.20. The lowest BCUT2D eigenvalue weighted by molar-refractivity contribution is 0.406. The molecule has 0 fully saturated rings. The molecule has 2 heterocycles. The first-order chi connectivity index (χ1) is 9.74. The predicted molar refractivity (Wildman–Crippen MR) is 78.2 cm³/mol. The van der Waals surface area contributed by atoms with Crippen LogP contribution in [0, 0.1) is 0 Å². The molecular formula is C14H13ClN4O. The number of rotatable bonds is 3. The molecule has 3 rings (SSSR count). The number of fused-ring (bicyclic) bond motifs is 1. The maximum absolute atomic E-state index is 9.72. The van der Waals surface area contributed by atoms with E-state index >= 15 is 0 Å². The minimum atomic E-state index is 0.246. The minimum Gasteiger partial charge on any atom is -0.506 e. The van der Waals surface area contributed by atoms with Crippen molar-refractivity contribution in [3.63, 3.8) is 0 Å². The highest BCUT2D eigenvalue weighted by atomic mass is 35.5. The molecule has 0 aliphatic carbocycles. The zero-order valence-corrected chi connectivity index (χ0v) is 11.4. The van der Waals surface area contributed by atoms with Gasteiger partial charge in [0.1, 0.15) is 11.3 Å². The summed E-state index contributed by atoms with van der Waals surface area (Å²) in [6.45, 7) is 1.17. The first kappa shape index (κ1) is 12.7. The second-order valence-electron chi connectivity index (χ2n) is 4.41. The Balaban J connectivity index is 1.81. The van der Waals surface area contributed by atoms with Crippen LogP contribution in [0.5, 0.6) is 0 Å². The maximum atomic E-state index is 9.72. The lowest BCUT2D eigenvalue weighted by Gasteiger charge is -2.15. The molecule has 5 nitrogen and oxygen atoms in total. The Morgan fingerprint density at radius 2 is 2.15 bits per heavy atom. The van der Waals surface area contributed by atoms with E-state index < -0.39 is 0 Å². The Morgan fingerprint density at radius 1 is 1.30 bits per heavy atom. The van der Waals surface area contributed by atoms with Crippen LogP contribution in [-0.4, -0.2) is 21.6 Å². The molecule has 0 radical (unpaired) electrons. The van der Waals surface area contributed by atoms with Crippen LogP contribution in [0.4, 0.5) is 0 Å². The second kappa shape index (κ2) is 5.38. The highest BCUT2D eigenvalue weighted by Gasteiger charge is 2.08. The van der Waals surface area contributed by atoms with Gasteiger partial charge >= 0.3 is 0 Å². The van der Waals surface area contributed by atoms with E-state index in [4.69, 9.17) is 11.6 Å². The van der Waals surface area contributed by atoms with E-state index in [-0.39, 0.29) is 5.76 Å². The third-order valence-electron chi connectivity index (χ3n) is 3.01. The number of nitrogens with one attached hydrogen (secondary N) is 2. The summed E-state index contributed by atoms with van der Waals surface area (Å²) in [6.07, 6.45) is 6.71. The number of aliphatic hydroxyl groups is 1. The van der Waals surface area contributed by atoms with Crippen LogP contribution in [0.15, 0.2) is 48.3 Å². The number of nitrogens with zero attached hydrogens (tertiary/aromatic N) is 2. The summed E-state index contributed by atoms with van der Waals surface area (Å²) >= 11 is 6.19. The Hall–Kier alpha value is -2.27. The van der Waals surface area contributed by atoms with Crippen molar-refractivity contribution in [2.24, 2.45) is 0 Å². The number of aliphatic hydroxyl groups excluding tert-OH is 1. The molecule has 1 aliphatic rings. The van der Waals surface area contributed by atoms with Gasteiger partial charge in [-0.1, -0.05) is 11.6 Å². The summed E-state index contributed by atoms with van der Waals surface area (Å²) in [5.41, 5.74) is 3.08. The summed E-state index contributed by atoms with van der Waals surface area (Å²) in [7, 11) is 0. The maximum Gasteiger partial charge on any atom is 0.137 e. The van der Waals surface area contributed by atoms with Gasteiger partial charge in [0.2, 0.25) is 0 Å². The average molecular weight is 289 g/mol. The molecular weight excluding hydrogens is 276 g/mol. The van der Waals surface area contributed by atoms with Gasteiger partial charge in [-0.2, -0.15) is 0 Å². The van der Waals surface area contributed by atoms with E-state index in [1.807, 2.05) is 12.1 Å². The smallest absolute Gasteiger partial charge is 0.137 e. The predicted octanol–water partition coefficient (Wildman–Crippen LogP) is 2.26. The van der Waals surface area contributed by atoms with Gasteiger partial charge in [-0.05, 0) is 23.8 Å². The fraction of sp³-hybridized carbons (Fsp3) is 0.143. The third kappa shape index (κ3) is 2.53. The van der Waals surface area contributed by atoms with Gasteiger partial charge in [0, 0.05) is 31.7 Å². The summed E-state index contributed by atoms with van der Waals surface area (Å²) < 4.78 is 0. The molecule has 2 aromatic rings. The molecule has 0 saturated carbocycles. The van der Waals surface area contributed by atoms with Gasteiger partial charge in [-0.3, -0.25) is 9.97 Å². The van der Waals surface area contributed by atoms with E-state index in [2.05, 4.69) is 20.6 Å². The quantitative estimate of drug-likeness (QED) is 0.808. The summed E-state index contributed by atoms with van der Waals surface area (Å²) in [5, 5.41) is 16.5. The highest BCUT2D eigenvalue weighted by Crippen LogP contribution is 2.22. The molecule has 0 bridgehead atoms. The average Bonchev–Trinajstić information content (AvgIpc) is 2.46. The monoisotopic (exact) mass is 288 g/mol. The van der Waals surface area contributed by atoms with Gasteiger partial charge in [0.05, 0.1) is 16.2 Å². The fourth-order valence-electron chi connectivity index (χ4n) is 2.03. The SMILES string of the molecule is OC1=CCNC=C1NCc1cc(Cl)c2nccnc2c1. The Labute approximate surface area is 121 Å². The number of aromatic nitrogens is 2. The molecule has 0 unspecified atom stereocenters. The number of benzene rings is 1. The molecule has 20 heavy (non-hydrogen) atoms. The fourth-order valence-corrected chi connectivity index (χ4v) is 2.31. The van der Waals surface area contributed by atoms with Crippen molar-refractivity contribution in [1.82, 2.24) is 20.6 Å². The van der Waals surface area contributed by atoms with Crippen LogP contribution in [0.3, 0.4) is 0 Å². The molecule has 0 saturated heterocycles. The van der Waals surface area contributed by atoms with Crippen LogP contribution < -0.4 is 10.6 Å². The highest BCUT2D eigenvalue weighted by molar-refractivity contribution is 6.34. The molecule has 0 amide bonds. The lowest BCUT2D eigenvalue weighted by atomic mass is 10.2.